The minimum absolute atomic E-state index is 0.351. The number of carbonyl (C=O) groups excluding carboxylic acids is 1. The number of pyridine rings is 1. The molecule has 0 amide bonds. The van der Waals surface area contributed by atoms with Gasteiger partial charge in [0.15, 0.2) is 0 Å². The van der Waals surface area contributed by atoms with E-state index in [2.05, 4.69) is 9.72 Å². The number of rotatable bonds is 6. The van der Waals surface area contributed by atoms with Crippen molar-refractivity contribution in [3.63, 3.8) is 0 Å². The first-order valence-electron chi connectivity index (χ1n) is 5.04. The van der Waals surface area contributed by atoms with Gasteiger partial charge in [-0.15, -0.1) is 0 Å². The molecule has 0 bridgehead atoms. The third-order valence-corrected chi connectivity index (χ3v) is 3.17. The second-order valence-electron chi connectivity index (χ2n) is 3.31. The Balaban J connectivity index is 2.15. The number of ether oxygens (including phenoxy) is 1. The second-order valence-corrected chi connectivity index (χ2v) is 4.46. The number of nitrogens with zero attached hydrogens (tertiary/aromatic N) is 1. The molecular formula is C11H16N2O2S. The average molecular weight is 240 g/mol. The van der Waals surface area contributed by atoms with Crippen LogP contribution in [0, 0.1) is 0 Å². The van der Waals surface area contributed by atoms with Gasteiger partial charge in [0.25, 0.3) is 0 Å². The van der Waals surface area contributed by atoms with Crippen molar-refractivity contribution < 1.29 is 9.53 Å². The van der Waals surface area contributed by atoms with Crippen molar-refractivity contribution in [2.24, 2.45) is 5.73 Å². The predicted octanol–water partition coefficient (Wildman–Crippen LogP) is 0.858. The number of aryl methyl sites for hydroxylation is 1. The monoisotopic (exact) mass is 240 g/mol. The molecule has 0 aliphatic carbocycles. The van der Waals surface area contributed by atoms with Gasteiger partial charge in [-0.1, -0.05) is 0 Å². The number of carbonyl (C=O) groups is 1. The summed E-state index contributed by atoms with van der Waals surface area (Å²) in [5, 5.41) is 0. The maximum absolute atomic E-state index is 11.0. The molecule has 0 spiro atoms. The smallest absolute Gasteiger partial charge is 0.323 e. The van der Waals surface area contributed by atoms with Gasteiger partial charge in [0.05, 0.1) is 7.11 Å². The van der Waals surface area contributed by atoms with Crippen LogP contribution in [0.5, 0.6) is 0 Å². The number of hydrogen-bond donors (Lipinski definition) is 1. The quantitative estimate of drug-likeness (QED) is 0.590. The summed E-state index contributed by atoms with van der Waals surface area (Å²) in [6, 6.07) is 3.45. The molecule has 1 rings (SSSR count). The fraction of sp³-hybridized carbons (Fsp3) is 0.455. The molecule has 4 nitrogen and oxygen atoms in total. The van der Waals surface area contributed by atoms with Gasteiger partial charge in [0.2, 0.25) is 0 Å². The Kier molecular flexibility index (Phi) is 5.88. The molecule has 0 saturated carbocycles. The maximum atomic E-state index is 11.0. The van der Waals surface area contributed by atoms with Crippen molar-refractivity contribution in [2.75, 3.05) is 18.6 Å². The highest BCUT2D eigenvalue weighted by Crippen LogP contribution is 2.07. The molecule has 0 aliphatic heterocycles. The minimum atomic E-state index is -0.521. The van der Waals surface area contributed by atoms with Crippen LogP contribution in [-0.4, -0.2) is 35.6 Å². The maximum Gasteiger partial charge on any atom is 0.323 e. The molecule has 1 heterocycles. The van der Waals surface area contributed by atoms with Crippen molar-refractivity contribution >= 4 is 17.7 Å². The van der Waals surface area contributed by atoms with Crippen LogP contribution >= 0.6 is 11.8 Å². The molecule has 16 heavy (non-hydrogen) atoms. The first-order chi connectivity index (χ1) is 7.74. The van der Waals surface area contributed by atoms with Gasteiger partial charge in [-0.05, 0) is 29.9 Å². The van der Waals surface area contributed by atoms with Crippen LogP contribution in [-0.2, 0) is 16.0 Å². The van der Waals surface area contributed by atoms with Gasteiger partial charge in [0, 0.05) is 18.1 Å². The van der Waals surface area contributed by atoms with Crippen LogP contribution < -0.4 is 5.73 Å². The fourth-order valence-electron chi connectivity index (χ4n) is 1.17. The van der Waals surface area contributed by atoms with E-state index >= 15 is 0 Å². The SMILES string of the molecule is COC(=O)C(N)CSCCc1ccncc1. The minimum Gasteiger partial charge on any atom is -0.468 e. The summed E-state index contributed by atoms with van der Waals surface area (Å²) in [5.74, 6) is 1.18. The highest BCUT2D eigenvalue weighted by atomic mass is 32.2. The number of methoxy groups -OCH3 is 1. The lowest BCUT2D eigenvalue weighted by molar-refractivity contribution is -0.141. The van der Waals surface area contributed by atoms with Gasteiger partial charge < -0.3 is 10.5 Å². The summed E-state index contributed by atoms with van der Waals surface area (Å²) in [6.07, 6.45) is 4.52. The molecule has 0 saturated heterocycles. The molecule has 0 aliphatic rings. The van der Waals surface area contributed by atoms with Gasteiger partial charge in [-0.25, -0.2) is 0 Å². The number of thioether (sulfide) groups is 1. The highest BCUT2D eigenvalue weighted by molar-refractivity contribution is 7.99. The first-order valence-corrected chi connectivity index (χ1v) is 6.19. The first kappa shape index (κ1) is 13.0. The molecule has 1 atom stereocenters. The molecule has 0 aromatic carbocycles. The van der Waals surface area contributed by atoms with E-state index in [0.717, 1.165) is 12.2 Å². The number of nitrogens with two attached hydrogens (primary N) is 1. The molecule has 1 unspecified atom stereocenters. The summed E-state index contributed by atoms with van der Waals surface area (Å²) in [7, 11) is 1.35. The average Bonchev–Trinajstić information content (AvgIpc) is 2.34. The number of esters is 1. The van der Waals surface area contributed by atoms with Gasteiger partial charge in [-0.2, -0.15) is 11.8 Å². The van der Waals surface area contributed by atoms with Crippen molar-refractivity contribution in [3.8, 4) is 0 Å². The van der Waals surface area contributed by atoms with Crippen LogP contribution in [0.4, 0.5) is 0 Å². The van der Waals surface area contributed by atoms with Crippen molar-refractivity contribution in [2.45, 2.75) is 12.5 Å². The summed E-state index contributed by atoms with van der Waals surface area (Å²) in [4.78, 5) is 15.0. The largest absolute Gasteiger partial charge is 0.468 e. The van der Waals surface area contributed by atoms with Crippen molar-refractivity contribution in [1.82, 2.24) is 4.98 Å². The third kappa shape index (κ3) is 4.63. The van der Waals surface area contributed by atoms with Crippen LogP contribution in [0.15, 0.2) is 24.5 Å². The Bertz CT molecular complexity index is 319. The van der Waals surface area contributed by atoms with Gasteiger partial charge in [0.1, 0.15) is 6.04 Å². The molecule has 1 aromatic heterocycles. The third-order valence-electron chi connectivity index (χ3n) is 2.09. The summed E-state index contributed by atoms with van der Waals surface area (Å²) in [5.41, 5.74) is 6.85. The van der Waals surface area contributed by atoms with E-state index in [-0.39, 0.29) is 5.97 Å². The van der Waals surface area contributed by atoms with Crippen molar-refractivity contribution in [3.05, 3.63) is 30.1 Å². The second kappa shape index (κ2) is 7.24. The lowest BCUT2D eigenvalue weighted by Gasteiger charge is -2.08. The Morgan fingerprint density at radius 3 is 2.88 bits per heavy atom. The molecule has 0 radical (unpaired) electrons. The Labute approximate surface area is 99.6 Å². The number of aromatic nitrogens is 1. The van der Waals surface area contributed by atoms with E-state index in [1.807, 2.05) is 12.1 Å². The molecule has 88 valence electrons. The standard InChI is InChI=1S/C11H16N2O2S/c1-15-11(14)10(12)8-16-7-4-9-2-5-13-6-3-9/h2-3,5-6,10H,4,7-8,12H2,1H3. The molecule has 2 N–H and O–H groups in total. The zero-order valence-electron chi connectivity index (χ0n) is 9.26. The van der Waals surface area contributed by atoms with E-state index < -0.39 is 6.04 Å². The Morgan fingerprint density at radius 1 is 1.56 bits per heavy atom. The van der Waals surface area contributed by atoms with Crippen LogP contribution in [0.3, 0.4) is 0 Å². The molecule has 0 fully saturated rings. The topological polar surface area (TPSA) is 65.2 Å². The summed E-state index contributed by atoms with van der Waals surface area (Å²) >= 11 is 1.65. The van der Waals surface area contributed by atoms with E-state index in [4.69, 9.17) is 5.73 Å². The normalized spacial score (nSPS) is 12.1. The van der Waals surface area contributed by atoms with Crippen LogP contribution in [0.1, 0.15) is 5.56 Å². The van der Waals surface area contributed by atoms with E-state index in [1.165, 1.54) is 12.7 Å². The van der Waals surface area contributed by atoms with E-state index in [9.17, 15) is 4.79 Å². The number of hydrogen-bond acceptors (Lipinski definition) is 5. The van der Waals surface area contributed by atoms with Crippen LogP contribution in [0.2, 0.25) is 0 Å². The fourth-order valence-corrected chi connectivity index (χ4v) is 2.11. The molecule has 1 aromatic rings. The van der Waals surface area contributed by atoms with E-state index in [1.54, 1.807) is 24.2 Å². The highest BCUT2D eigenvalue weighted by Gasteiger charge is 2.12. The van der Waals surface area contributed by atoms with Gasteiger partial charge in [-0.3, -0.25) is 9.78 Å². The Morgan fingerprint density at radius 2 is 2.25 bits per heavy atom. The zero-order chi connectivity index (χ0) is 11.8. The van der Waals surface area contributed by atoms with Gasteiger partial charge >= 0.3 is 5.97 Å². The van der Waals surface area contributed by atoms with Crippen molar-refractivity contribution in [1.29, 1.82) is 0 Å². The summed E-state index contributed by atoms with van der Waals surface area (Å²) in [6.45, 7) is 0. The lowest BCUT2D eigenvalue weighted by atomic mass is 10.2. The molecule has 5 heteroatoms. The Hall–Kier alpha value is -1.07. The lowest BCUT2D eigenvalue weighted by Crippen LogP contribution is -2.34. The predicted molar refractivity (Wildman–Crippen MR) is 65.3 cm³/mol. The summed E-state index contributed by atoms with van der Waals surface area (Å²) < 4.78 is 4.54. The molecular weight excluding hydrogens is 224 g/mol. The van der Waals surface area contributed by atoms with E-state index in [0.29, 0.717) is 5.75 Å². The van der Waals surface area contributed by atoms with Crippen LogP contribution in [0.25, 0.3) is 0 Å². The zero-order valence-corrected chi connectivity index (χ0v) is 10.1.